The number of aromatic nitrogens is 1. The minimum absolute atomic E-state index is 0.0119. The van der Waals surface area contributed by atoms with Crippen molar-refractivity contribution in [2.45, 2.75) is 45.8 Å². The number of nitrogens with zero attached hydrogens (tertiary/aromatic N) is 2. The highest BCUT2D eigenvalue weighted by molar-refractivity contribution is 9.10. The summed E-state index contributed by atoms with van der Waals surface area (Å²) in [4.78, 5) is 18.2. The van der Waals surface area contributed by atoms with Crippen molar-refractivity contribution in [3.63, 3.8) is 0 Å². The zero-order chi connectivity index (χ0) is 14.2. The predicted octanol–water partition coefficient (Wildman–Crippen LogP) is 3.70. The van der Waals surface area contributed by atoms with Crippen molar-refractivity contribution in [3.8, 4) is 0 Å². The molecule has 1 aromatic heterocycles. The van der Waals surface area contributed by atoms with E-state index in [1.165, 1.54) is 5.56 Å². The molecule has 1 aliphatic heterocycles. The highest BCUT2D eigenvalue weighted by Gasteiger charge is 2.31. The molecular weight excluding hydrogens is 308 g/mol. The predicted molar refractivity (Wildman–Crippen MR) is 77.0 cm³/mol. The summed E-state index contributed by atoms with van der Waals surface area (Å²) in [6.45, 7) is 8.34. The molecule has 1 atom stereocenters. The van der Waals surface area contributed by atoms with E-state index in [0.717, 1.165) is 16.6 Å². The smallest absolute Gasteiger partial charge is 0.410 e. The third-order valence-electron chi connectivity index (χ3n) is 3.16. The van der Waals surface area contributed by atoms with E-state index < -0.39 is 5.60 Å². The van der Waals surface area contributed by atoms with Crippen LogP contribution < -0.4 is 0 Å². The number of ether oxygens (including phenoxy) is 1. The summed E-state index contributed by atoms with van der Waals surface area (Å²) in [5, 5.41) is 0. The monoisotopic (exact) mass is 326 g/mol. The van der Waals surface area contributed by atoms with E-state index in [1.54, 1.807) is 4.90 Å². The average molecular weight is 327 g/mol. The van der Waals surface area contributed by atoms with Gasteiger partial charge in [-0.1, -0.05) is 0 Å². The largest absolute Gasteiger partial charge is 0.444 e. The number of pyridine rings is 1. The van der Waals surface area contributed by atoms with Gasteiger partial charge >= 0.3 is 6.09 Å². The third-order valence-corrected chi connectivity index (χ3v) is 3.59. The van der Waals surface area contributed by atoms with Gasteiger partial charge in [0.15, 0.2) is 0 Å². The Kier molecular flexibility index (Phi) is 3.85. The molecule has 0 fully saturated rings. The quantitative estimate of drug-likeness (QED) is 0.683. The molecule has 0 bridgehead atoms. The lowest BCUT2D eigenvalue weighted by atomic mass is 9.96. The number of carbonyl (C=O) groups excluding carboxylic acids is 1. The Labute approximate surface area is 122 Å². The number of amides is 1. The second-order valence-electron chi connectivity index (χ2n) is 5.81. The van der Waals surface area contributed by atoms with Crippen LogP contribution in [0.15, 0.2) is 16.9 Å². The van der Waals surface area contributed by atoms with Crippen molar-refractivity contribution in [1.29, 1.82) is 0 Å². The Morgan fingerprint density at radius 3 is 2.84 bits per heavy atom. The van der Waals surface area contributed by atoms with Crippen LogP contribution in [0.2, 0.25) is 0 Å². The SMILES string of the molecule is CC1c2cc(Br)ncc2CCN1C(=O)OC(C)(C)C. The van der Waals surface area contributed by atoms with Crippen LogP contribution in [0.1, 0.15) is 44.9 Å². The highest BCUT2D eigenvalue weighted by Crippen LogP contribution is 2.31. The molecule has 2 heterocycles. The van der Waals surface area contributed by atoms with Gasteiger partial charge in [0.25, 0.3) is 0 Å². The molecule has 1 amide bonds. The van der Waals surface area contributed by atoms with Crippen LogP contribution in [-0.4, -0.2) is 28.1 Å². The Bertz CT molecular complexity index is 497. The minimum atomic E-state index is -0.462. The van der Waals surface area contributed by atoms with E-state index in [9.17, 15) is 4.79 Å². The molecule has 0 aromatic carbocycles. The second-order valence-corrected chi connectivity index (χ2v) is 6.62. The van der Waals surface area contributed by atoms with Gasteiger partial charge in [-0.2, -0.15) is 0 Å². The molecule has 1 aromatic rings. The van der Waals surface area contributed by atoms with Crippen molar-refractivity contribution in [2.24, 2.45) is 0 Å². The van der Waals surface area contributed by atoms with Crippen molar-refractivity contribution < 1.29 is 9.53 Å². The second kappa shape index (κ2) is 5.12. The maximum Gasteiger partial charge on any atom is 0.410 e. The first-order chi connectivity index (χ1) is 8.78. The summed E-state index contributed by atoms with van der Waals surface area (Å²) in [5.74, 6) is 0. The maximum absolute atomic E-state index is 12.2. The van der Waals surface area contributed by atoms with Gasteiger partial charge in [-0.05, 0) is 67.2 Å². The molecule has 0 spiro atoms. The van der Waals surface area contributed by atoms with Crippen molar-refractivity contribution >= 4 is 22.0 Å². The summed E-state index contributed by atoms with van der Waals surface area (Å²) >= 11 is 3.38. The summed E-state index contributed by atoms with van der Waals surface area (Å²) in [6, 6.07) is 1.99. The summed E-state index contributed by atoms with van der Waals surface area (Å²) in [5.41, 5.74) is 1.88. The van der Waals surface area contributed by atoms with E-state index in [1.807, 2.05) is 40.0 Å². The lowest BCUT2D eigenvalue weighted by molar-refractivity contribution is 0.0159. The molecule has 0 saturated carbocycles. The molecule has 2 rings (SSSR count). The van der Waals surface area contributed by atoms with Crippen LogP contribution >= 0.6 is 15.9 Å². The van der Waals surface area contributed by atoms with E-state index in [2.05, 4.69) is 20.9 Å². The summed E-state index contributed by atoms with van der Waals surface area (Å²) in [6.07, 6.45) is 2.44. The molecule has 0 aliphatic carbocycles. The van der Waals surface area contributed by atoms with Crippen molar-refractivity contribution in [3.05, 3.63) is 28.0 Å². The van der Waals surface area contributed by atoms with Crippen LogP contribution in [0.3, 0.4) is 0 Å². The fourth-order valence-electron chi connectivity index (χ4n) is 2.24. The maximum atomic E-state index is 12.2. The number of hydrogen-bond acceptors (Lipinski definition) is 3. The highest BCUT2D eigenvalue weighted by atomic mass is 79.9. The fraction of sp³-hybridized carbons (Fsp3) is 0.571. The van der Waals surface area contributed by atoms with Crippen LogP contribution in [0.5, 0.6) is 0 Å². The Balaban J connectivity index is 2.21. The van der Waals surface area contributed by atoms with Gasteiger partial charge < -0.3 is 9.64 Å². The average Bonchev–Trinajstić information content (AvgIpc) is 2.28. The molecule has 19 heavy (non-hydrogen) atoms. The molecule has 104 valence electrons. The normalized spacial score (nSPS) is 19.0. The third kappa shape index (κ3) is 3.26. The zero-order valence-electron chi connectivity index (χ0n) is 11.7. The molecule has 5 heteroatoms. The van der Waals surface area contributed by atoms with Crippen LogP contribution in [0.4, 0.5) is 4.79 Å². The fourth-order valence-corrected chi connectivity index (χ4v) is 2.59. The Hall–Kier alpha value is -1.10. The molecular formula is C14H19BrN2O2. The number of rotatable bonds is 0. The van der Waals surface area contributed by atoms with Gasteiger partial charge in [0, 0.05) is 12.7 Å². The van der Waals surface area contributed by atoms with Crippen LogP contribution in [0.25, 0.3) is 0 Å². The first-order valence-electron chi connectivity index (χ1n) is 6.42. The number of halogens is 1. The lowest BCUT2D eigenvalue weighted by Gasteiger charge is -2.36. The van der Waals surface area contributed by atoms with Crippen molar-refractivity contribution in [1.82, 2.24) is 9.88 Å². The molecule has 1 aliphatic rings. The summed E-state index contributed by atoms with van der Waals surface area (Å²) in [7, 11) is 0. The standard InChI is InChI=1S/C14H19BrN2O2/c1-9-11-7-12(15)16-8-10(11)5-6-17(9)13(18)19-14(2,3)4/h7-9H,5-6H2,1-4H3. The van der Waals surface area contributed by atoms with E-state index in [4.69, 9.17) is 4.74 Å². The van der Waals surface area contributed by atoms with Gasteiger partial charge in [0.1, 0.15) is 10.2 Å². The Morgan fingerprint density at radius 2 is 2.21 bits per heavy atom. The number of carbonyl (C=O) groups is 1. The lowest BCUT2D eigenvalue weighted by Crippen LogP contribution is -2.42. The van der Waals surface area contributed by atoms with E-state index in [-0.39, 0.29) is 12.1 Å². The molecule has 0 saturated heterocycles. The van der Waals surface area contributed by atoms with Gasteiger partial charge in [0.2, 0.25) is 0 Å². The first-order valence-corrected chi connectivity index (χ1v) is 7.21. The number of hydrogen-bond donors (Lipinski definition) is 0. The van der Waals surface area contributed by atoms with Gasteiger partial charge in [-0.3, -0.25) is 0 Å². The van der Waals surface area contributed by atoms with E-state index in [0.29, 0.717) is 6.54 Å². The first kappa shape index (κ1) is 14.3. The number of fused-ring (bicyclic) bond motifs is 1. The molecule has 1 unspecified atom stereocenters. The topological polar surface area (TPSA) is 42.4 Å². The van der Waals surface area contributed by atoms with Crippen LogP contribution in [-0.2, 0) is 11.2 Å². The van der Waals surface area contributed by atoms with Gasteiger partial charge in [0.05, 0.1) is 6.04 Å². The van der Waals surface area contributed by atoms with Gasteiger partial charge in [-0.25, -0.2) is 9.78 Å². The van der Waals surface area contributed by atoms with E-state index >= 15 is 0 Å². The van der Waals surface area contributed by atoms with Crippen molar-refractivity contribution in [2.75, 3.05) is 6.54 Å². The van der Waals surface area contributed by atoms with Crippen LogP contribution in [0, 0.1) is 0 Å². The molecule has 4 nitrogen and oxygen atoms in total. The summed E-state index contributed by atoms with van der Waals surface area (Å²) < 4.78 is 6.25. The minimum Gasteiger partial charge on any atom is -0.444 e. The molecule has 0 radical (unpaired) electrons. The zero-order valence-corrected chi connectivity index (χ0v) is 13.3. The van der Waals surface area contributed by atoms with Gasteiger partial charge in [-0.15, -0.1) is 0 Å². The molecule has 0 N–H and O–H groups in total. The Morgan fingerprint density at radius 1 is 1.53 bits per heavy atom.